The monoisotopic (exact) mass is 184 g/mol. The second kappa shape index (κ2) is 4.09. The van der Waals surface area contributed by atoms with Crippen molar-refractivity contribution in [1.82, 2.24) is 4.98 Å². The smallest absolute Gasteiger partial charge is 0.149 e. The first kappa shape index (κ1) is 9.80. The van der Waals surface area contributed by atoms with Gasteiger partial charge in [-0.25, -0.2) is 8.78 Å². The molecule has 0 saturated carbocycles. The van der Waals surface area contributed by atoms with Crippen LogP contribution in [0.4, 0.5) is 8.78 Å². The molecule has 0 aromatic carbocycles. The first-order valence-electron chi connectivity index (χ1n) is 3.82. The molecule has 0 aliphatic rings. The lowest BCUT2D eigenvalue weighted by atomic mass is 10.1. The summed E-state index contributed by atoms with van der Waals surface area (Å²) in [5.41, 5.74) is 5.40. The number of rotatable bonds is 3. The van der Waals surface area contributed by atoms with E-state index in [4.69, 9.17) is 5.73 Å². The minimum absolute atomic E-state index is 0.130. The van der Waals surface area contributed by atoms with E-state index in [0.717, 1.165) is 12.4 Å². The Hall–Kier alpha value is -1.29. The molecular weight excluding hydrogens is 174 g/mol. The van der Waals surface area contributed by atoms with Crippen LogP contribution in [0.25, 0.3) is 0 Å². The first-order valence-corrected chi connectivity index (χ1v) is 3.82. The van der Waals surface area contributed by atoms with E-state index < -0.39 is 17.7 Å². The number of nitrogens with two attached hydrogens (primary N) is 1. The number of hydrogen-bond acceptors (Lipinski definition) is 2. The van der Waals surface area contributed by atoms with Crippen LogP contribution in [0, 0.1) is 11.6 Å². The molecule has 13 heavy (non-hydrogen) atoms. The summed E-state index contributed by atoms with van der Waals surface area (Å²) < 4.78 is 26.0. The molecule has 0 radical (unpaired) electrons. The third kappa shape index (κ3) is 2.09. The van der Waals surface area contributed by atoms with Crippen molar-refractivity contribution in [3.8, 4) is 0 Å². The number of hydrogen-bond donors (Lipinski definition) is 1. The SMILES string of the molecule is C=CCC(N)c1c(F)cncc1F. The van der Waals surface area contributed by atoms with Gasteiger partial charge in [-0.2, -0.15) is 0 Å². The topological polar surface area (TPSA) is 38.9 Å². The molecule has 1 rings (SSSR count). The van der Waals surface area contributed by atoms with E-state index in [1.54, 1.807) is 0 Å². The Bertz CT molecular complexity index is 292. The van der Waals surface area contributed by atoms with Crippen molar-refractivity contribution in [3.05, 3.63) is 42.2 Å². The second-order valence-corrected chi connectivity index (χ2v) is 2.65. The van der Waals surface area contributed by atoms with Gasteiger partial charge in [0.25, 0.3) is 0 Å². The number of aromatic nitrogens is 1. The third-order valence-electron chi connectivity index (χ3n) is 1.68. The maximum absolute atomic E-state index is 13.0. The van der Waals surface area contributed by atoms with Crippen LogP contribution >= 0.6 is 0 Å². The molecule has 0 bridgehead atoms. The summed E-state index contributed by atoms with van der Waals surface area (Å²) in [6.07, 6.45) is 3.74. The molecule has 0 amide bonds. The molecule has 4 heteroatoms. The van der Waals surface area contributed by atoms with Gasteiger partial charge in [0, 0.05) is 11.6 Å². The molecule has 0 aliphatic heterocycles. The summed E-state index contributed by atoms with van der Waals surface area (Å²) in [7, 11) is 0. The standard InChI is InChI=1S/C9H10F2N2/c1-2-3-8(12)9-6(10)4-13-5-7(9)11/h2,4-5,8H,1,3,12H2. The zero-order chi connectivity index (χ0) is 9.84. The Morgan fingerprint density at radius 1 is 1.46 bits per heavy atom. The van der Waals surface area contributed by atoms with Crippen LogP contribution in [0.1, 0.15) is 18.0 Å². The first-order chi connectivity index (χ1) is 6.16. The summed E-state index contributed by atoms with van der Waals surface area (Å²) in [5, 5.41) is 0. The van der Waals surface area contributed by atoms with Crippen LogP contribution in [0.5, 0.6) is 0 Å². The molecule has 2 nitrogen and oxygen atoms in total. The molecular formula is C9H10F2N2. The van der Waals surface area contributed by atoms with Gasteiger partial charge in [0.1, 0.15) is 11.6 Å². The zero-order valence-corrected chi connectivity index (χ0v) is 7.00. The Balaban J connectivity index is 3.04. The van der Waals surface area contributed by atoms with Crippen molar-refractivity contribution >= 4 is 0 Å². The Morgan fingerprint density at radius 3 is 2.46 bits per heavy atom. The van der Waals surface area contributed by atoms with E-state index in [-0.39, 0.29) is 5.56 Å². The van der Waals surface area contributed by atoms with Crippen LogP contribution < -0.4 is 5.73 Å². The highest BCUT2D eigenvalue weighted by atomic mass is 19.1. The van der Waals surface area contributed by atoms with E-state index in [1.807, 2.05) is 0 Å². The molecule has 70 valence electrons. The van der Waals surface area contributed by atoms with Gasteiger partial charge in [-0.1, -0.05) is 6.08 Å². The maximum Gasteiger partial charge on any atom is 0.149 e. The molecule has 1 atom stereocenters. The zero-order valence-electron chi connectivity index (χ0n) is 7.00. The highest BCUT2D eigenvalue weighted by Gasteiger charge is 2.15. The van der Waals surface area contributed by atoms with Crippen LogP contribution in [-0.2, 0) is 0 Å². The molecule has 0 saturated heterocycles. The highest BCUT2D eigenvalue weighted by molar-refractivity contribution is 5.19. The number of halogens is 2. The summed E-state index contributed by atoms with van der Waals surface area (Å²) in [6.45, 7) is 3.44. The van der Waals surface area contributed by atoms with E-state index in [2.05, 4.69) is 11.6 Å². The molecule has 0 spiro atoms. The van der Waals surface area contributed by atoms with Crippen molar-refractivity contribution in [3.63, 3.8) is 0 Å². The van der Waals surface area contributed by atoms with Gasteiger partial charge < -0.3 is 5.73 Å². The Morgan fingerprint density at radius 2 is 2.00 bits per heavy atom. The van der Waals surface area contributed by atoms with Crippen molar-refractivity contribution < 1.29 is 8.78 Å². The highest BCUT2D eigenvalue weighted by Crippen LogP contribution is 2.20. The van der Waals surface area contributed by atoms with Crippen molar-refractivity contribution in [2.24, 2.45) is 5.73 Å². The van der Waals surface area contributed by atoms with Crippen molar-refractivity contribution in [2.75, 3.05) is 0 Å². The lowest BCUT2D eigenvalue weighted by Crippen LogP contribution is -2.13. The summed E-state index contributed by atoms with van der Waals surface area (Å²) in [4.78, 5) is 3.36. The predicted octanol–water partition coefficient (Wildman–Crippen LogP) is 1.94. The predicted molar refractivity (Wildman–Crippen MR) is 45.9 cm³/mol. The quantitative estimate of drug-likeness (QED) is 0.729. The minimum atomic E-state index is -0.714. The van der Waals surface area contributed by atoms with Gasteiger partial charge in [-0.15, -0.1) is 6.58 Å². The van der Waals surface area contributed by atoms with Gasteiger partial charge in [-0.05, 0) is 6.42 Å². The van der Waals surface area contributed by atoms with Crippen LogP contribution in [0.3, 0.4) is 0 Å². The molecule has 2 N–H and O–H groups in total. The van der Waals surface area contributed by atoms with E-state index in [0.29, 0.717) is 6.42 Å². The Kier molecular flexibility index (Phi) is 3.08. The van der Waals surface area contributed by atoms with E-state index in [9.17, 15) is 8.78 Å². The van der Waals surface area contributed by atoms with Crippen molar-refractivity contribution in [2.45, 2.75) is 12.5 Å². The fraction of sp³-hybridized carbons (Fsp3) is 0.222. The van der Waals surface area contributed by atoms with Crippen molar-refractivity contribution in [1.29, 1.82) is 0 Å². The van der Waals surface area contributed by atoms with Gasteiger partial charge in [0.05, 0.1) is 12.4 Å². The second-order valence-electron chi connectivity index (χ2n) is 2.65. The average Bonchev–Trinajstić information content (AvgIpc) is 2.04. The van der Waals surface area contributed by atoms with Gasteiger partial charge >= 0.3 is 0 Å². The van der Waals surface area contributed by atoms with Gasteiger partial charge in [0.2, 0.25) is 0 Å². The molecule has 0 fully saturated rings. The maximum atomic E-state index is 13.0. The summed E-state index contributed by atoms with van der Waals surface area (Å²) in [5.74, 6) is -1.43. The molecule has 1 unspecified atom stereocenters. The molecule has 1 aromatic heterocycles. The molecule has 0 aliphatic carbocycles. The minimum Gasteiger partial charge on any atom is -0.324 e. The van der Waals surface area contributed by atoms with E-state index >= 15 is 0 Å². The summed E-state index contributed by atoms with van der Waals surface area (Å²) >= 11 is 0. The number of pyridine rings is 1. The van der Waals surface area contributed by atoms with Crippen LogP contribution in [0.2, 0.25) is 0 Å². The fourth-order valence-electron chi connectivity index (χ4n) is 1.07. The largest absolute Gasteiger partial charge is 0.324 e. The third-order valence-corrected chi connectivity index (χ3v) is 1.68. The van der Waals surface area contributed by atoms with E-state index in [1.165, 1.54) is 6.08 Å². The lowest BCUT2D eigenvalue weighted by molar-refractivity contribution is 0.519. The summed E-state index contributed by atoms with van der Waals surface area (Å²) in [6, 6.07) is -0.694. The average molecular weight is 184 g/mol. The normalized spacial score (nSPS) is 12.5. The Labute approximate surface area is 75.1 Å². The van der Waals surface area contributed by atoms with Crippen LogP contribution in [-0.4, -0.2) is 4.98 Å². The van der Waals surface area contributed by atoms with Gasteiger partial charge in [0.15, 0.2) is 0 Å². The molecule has 1 heterocycles. The van der Waals surface area contributed by atoms with Crippen LogP contribution in [0.15, 0.2) is 25.0 Å². The number of nitrogens with zero attached hydrogens (tertiary/aromatic N) is 1. The fourth-order valence-corrected chi connectivity index (χ4v) is 1.07. The lowest BCUT2D eigenvalue weighted by Gasteiger charge is -2.10. The van der Waals surface area contributed by atoms with Gasteiger partial charge in [-0.3, -0.25) is 4.98 Å². The molecule has 1 aromatic rings.